The second-order valence-corrected chi connectivity index (χ2v) is 35.6. The summed E-state index contributed by atoms with van der Waals surface area (Å²) < 4.78 is 46.6. The van der Waals surface area contributed by atoms with Crippen LogP contribution < -0.4 is 56.7 Å². The molecule has 12 unspecified atom stereocenters. The smallest absolute Gasteiger partial charge is 0.326 e. The highest BCUT2D eigenvalue weighted by atomic mass is 32.2. The number of aliphatic carboxylic acids is 1. The number of hydrogen-bond acceptors (Lipinski definition) is 20. The van der Waals surface area contributed by atoms with Gasteiger partial charge in [-0.15, -0.1) is 10.2 Å². The van der Waals surface area contributed by atoms with Crippen LogP contribution in [0.3, 0.4) is 0 Å². The third kappa shape index (κ3) is 21.3. The number of hydrogen-bond donors (Lipinski definition) is 10. The molecule has 0 spiro atoms. The van der Waals surface area contributed by atoms with E-state index in [4.69, 9.17) is 9.47 Å². The van der Waals surface area contributed by atoms with Crippen LogP contribution >= 0.6 is 0 Å². The van der Waals surface area contributed by atoms with Gasteiger partial charge in [-0.3, -0.25) is 43.2 Å². The molecular weight excluding hydrogens is 1590 g/mol. The quantitative estimate of drug-likeness (QED) is 0.0541. The Hall–Kier alpha value is -13.0. The summed E-state index contributed by atoms with van der Waals surface area (Å²) in [6.45, 7) is 13.3. The Labute approximate surface area is 711 Å². The lowest BCUT2D eigenvalue weighted by molar-refractivity contribution is -0.145. The molecule has 12 bridgehead atoms. The lowest BCUT2D eigenvalue weighted by atomic mass is 9.85. The van der Waals surface area contributed by atoms with E-state index in [9.17, 15) is 27.9 Å². The summed E-state index contributed by atoms with van der Waals surface area (Å²) in [5.41, 5.74) is 0.852. The first kappa shape index (κ1) is 87.8. The van der Waals surface area contributed by atoms with Gasteiger partial charge in [0.05, 0.1) is 41.5 Å². The van der Waals surface area contributed by atoms with Crippen LogP contribution in [0.15, 0.2) is 193 Å². The molecule has 10 aromatic rings. The number of benzene rings is 8. The molecule has 16 rings (SSSR count). The van der Waals surface area contributed by atoms with Crippen LogP contribution in [-0.2, 0) is 96.9 Å². The minimum atomic E-state index is -4.65. The van der Waals surface area contributed by atoms with E-state index >= 15 is 33.6 Å². The molecular formula is C90H103N17O15S. The van der Waals surface area contributed by atoms with Crippen LogP contribution in [0.25, 0.3) is 32.3 Å². The monoisotopic (exact) mass is 1690 g/mol. The molecule has 0 radical (unpaired) electrons. The number of likely N-dealkylation sites (tertiary alicyclic amines) is 2. The van der Waals surface area contributed by atoms with Gasteiger partial charge >= 0.3 is 5.97 Å². The van der Waals surface area contributed by atoms with E-state index in [1.807, 2.05) is 78.9 Å². The van der Waals surface area contributed by atoms with Crippen molar-refractivity contribution in [3.05, 3.63) is 222 Å². The van der Waals surface area contributed by atoms with Gasteiger partial charge in [-0.1, -0.05) is 191 Å². The third-order valence-corrected chi connectivity index (χ3v) is 24.2. The topological polar surface area (TPSA) is 420 Å². The number of rotatable bonds is 16. The summed E-state index contributed by atoms with van der Waals surface area (Å²) in [4.78, 5) is 151. The van der Waals surface area contributed by atoms with Gasteiger partial charge in [0, 0.05) is 51.6 Å². The van der Waals surface area contributed by atoms with Gasteiger partial charge in [-0.05, 0) is 130 Å². The number of fused-ring (bicyclic) bond motifs is 3. The van der Waals surface area contributed by atoms with Crippen molar-refractivity contribution >= 4 is 101 Å². The minimum Gasteiger partial charge on any atom is -0.487 e. The number of carboxylic acid groups (broad SMARTS) is 1. The first-order valence-corrected chi connectivity index (χ1v) is 42.4. The summed E-state index contributed by atoms with van der Waals surface area (Å²) in [6.07, 6.45) is 2.17. The molecule has 2 saturated heterocycles. The van der Waals surface area contributed by atoms with Crippen molar-refractivity contribution in [2.75, 3.05) is 27.2 Å². The van der Waals surface area contributed by atoms with E-state index < -0.39 is 152 Å². The maximum atomic E-state index is 15.7. The zero-order valence-electron chi connectivity index (χ0n) is 70.0. The van der Waals surface area contributed by atoms with Crippen molar-refractivity contribution < 1.29 is 70.9 Å². The first-order valence-electron chi connectivity index (χ1n) is 40.9. The van der Waals surface area contributed by atoms with Gasteiger partial charge in [-0.2, -0.15) is 0 Å². The highest BCUT2D eigenvalue weighted by Crippen LogP contribution is 2.35. The molecule has 33 heteroatoms. The second kappa shape index (κ2) is 37.5. The number of likely N-dealkylation sites (N-methyl/N-ethyl adjacent to an activating group) is 2. The van der Waals surface area contributed by atoms with Crippen LogP contribution in [-0.4, -0.2) is 200 Å². The summed E-state index contributed by atoms with van der Waals surface area (Å²) in [6, 6.07) is 36.4. The summed E-state index contributed by atoms with van der Waals surface area (Å²) in [7, 11) is -1.45. The van der Waals surface area contributed by atoms with Crippen LogP contribution in [0.1, 0.15) is 114 Å². The fourth-order valence-electron chi connectivity index (χ4n) is 15.5. The van der Waals surface area contributed by atoms with Gasteiger partial charge in [0.15, 0.2) is 0 Å². The van der Waals surface area contributed by atoms with E-state index in [0.717, 1.165) is 26.9 Å². The molecule has 10 N–H and O–H groups in total. The summed E-state index contributed by atoms with van der Waals surface area (Å²) in [5.74, 6) is -7.36. The molecule has 0 aliphatic carbocycles. The fourth-order valence-corrected chi connectivity index (χ4v) is 16.5. The van der Waals surface area contributed by atoms with E-state index in [1.165, 1.54) is 31.3 Å². The number of amides is 9. The fraction of sp³-hybridized carbons (Fsp3) is 0.378. The van der Waals surface area contributed by atoms with Crippen LogP contribution in [0.2, 0.25) is 0 Å². The lowest BCUT2D eigenvalue weighted by Crippen LogP contribution is -2.61. The van der Waals surface area contributed by atoms with Gasteiger partial charge in [0.1, 0.15) is 84.4 Å². The highest BCUT2D eigenvalue weighted by molar-refractivity contribution is 7.90. The van der Waals surface area contributed by atoms with E-state index in [2.05, 4.69) is 67.9 Å². The number of carbonyl (C=O) groups is 10. The highest BCUT2D eigenvalue weighted by Gasteiger charge is 2.49. The average Bonchev–Trinajstić information content (AvgIpc) is 1.63. The van der Waals surface area contributed by atoms with Crippen LogP contribution in [0.5, 0.6) is 11.5 Å². The molecule has 123 heavy (non-hydrogen) atoms. The predicted octanol–water partition coefficient (Wildman–Crippen LogP) is 5.86. The normalized spacial score (nSPS) is 20.7. The average molecular weight is 1690 g/mol. The molecule has 2 fully saturated rings. The van der Waals surface area contributed by atoms with Crippen molar-refractivity contribution in [1.82, 2.24) is 87.0 Å². The number of carbonyl (C=O) groups excluding carboxylic acids is 9. The summed E-state index contributed by atoms with van der Waals surface area (Å²) >= 11 is 0. The van der Waals surface area contributed by atoms with Crippen molar-refractivity contribution in [2.24, 2.45) is 10.8 Å². The molecule has 8 heterocycles. The molecule has 2 aromatic heterocycles. The number of sulfonamides is 1. The molecule has 12 atom stereocenters. The number of carboxylic acids is 1. The van der Waals surface area contributed by atoms with Gasteiger partial charge in [-0.25, -0.2) is 27.3 Å². The Kier molecular flexibility index (Phi) is 26.8. The van der Waals surface area contributed by atoms with Crippen molar-refractivity contribution in [1.29, 1.82) is 0 Å². The maximum Gasteiger partial charge on any atom is 0.326 e. The molecule has 9 amide bonds. The molecule has 8 aromatic carbocycles. The Balaban J connectivity index is 0.857. The molecule has 32 nitrogen and oxygen atoms in total. The lowest BCUT2D eigenvalue weighted by Gasteiger charge is -2.36. The maximum absolute atomic E-state index is 15.7. The Morgan fingerprint density at radius 2 is 0.878 bits per heavy atom. The van der Waals surface area contributed by atoms with E-state index in [0.29, 0.717) is 50.5 Å². The molecule has 644 valence electrons. The van der Waals surface area contributed by atoms with E-state index in [-0.39, 0.29) is 69.7 Å². The van der Waals surface area contributed by atoms with Crippen LogP contribution in [0.4, 0.5) is 0 Å². The zero-order valence-corrected chi connectivity index (χ0v) is 70.9. The molecule has 6 aliphatic heterocycles. The zero-order chi connectivity index (χ0) is 87.8. The van der Waals surface area contributed by atoms with E-state index in [1.54, 1.807) is 167 Å². The van der Waals surface area contributed by atoms with Crippen molar-refractivity contribution in [3.8, 4) is 11.5 Å². The van der Waals surface area contributed by atoms with Crippen molar-refractivity contribution in [3.63, 3.8) is 0 Å². The first-order chi connectivity index (χ1) is 58.6. The Morgan fingerprint density at radius 1 is 0.496 bits per heavy atom. The third-order valence-electron chi connectivity index (χ3n) is 22.8. The molecule has 0 saturated carbocycles. The number of nitrogens with zero attached hydrogens (tertiary/aromatic N) is 8. The second-order valence-electron chi connectivity index (χ2n) is 33.9. The Bertz CT molecular complexity index is 5730. The standard InChI is InChI=1S/C90H103N17O15S/c1-52(91-9)79(108)97-77(89(3,4)5)86(115)104-48-66-44-75(104)84(113)94-71(41-56-23-29-58-17-11-14-20-61(58)37-56)81(110)93-73(83(112)101-123(119,120)70-36-31-60-19-13-16-22-63(60)43-70)39-54-25-32-68(33-26-54)121-50-64-46-107(102-99-64)67-45-76(105(49-67)87(116)78(90(6,7)8)98-80(109)53(2)92-10)85(114)95-72(42-57-24-30-59-18-12-15-21-62(59)38-57)82(111)96-74(88(117)118)40-55-27-34-69(35-28-55)122-51-65-47-106(66)103-100-65/h11-38,43,46-47,52-53,66-67,71-78,91-92H,39-42,44-45,48-51H2,1-10H3,(H,93,110)(H,94,113)(H,95,114)(H,96,111)(H,97,108)(H,98,109)(H,101,112)(H,117,118). The Morgan fingerprint density at radius 3 is 1.28 bits per heavy atom. The summed E-state index contributed by atoms with van der Waals surface area (Å²) in [5, 5.41) is 56.3. The SMILES string of the molecule is CNC(C)C(=O)NC(C(=O)N1CC2CC1C(=O)NC(Cc1ccc3ccccc3c1)C(=O)NC(C(=O)O)Cc1ccc(cc1)OCc1cn(nn1)C1CC(C(=O)NC(Cc3ccc4ccccc4c3)C(=O)NC(C(=O)NS(=O)(=O)c3ccc4ccccc4c3)Cc3ccc(cc3)OCc3cn2nn3)N(C(=O)C(NC(=O)C(C)NC)C(C)(C)C)C1)C(C)(C)C. The van der Waals surface area contributed by atoms with Crippen molar-refractivity contribution in [2.45, 2.75) is 185 Å². The predicted molar refractivity (Wildman–Crippen MR) is 457 cm³/mol. The number of ether oxygens (including phenoxy) is 2. The van der Waals surface area contributed by atoms with Crippen LogP contribution in [0, 0.1) is 10.8 Å². The van der Waals surface area contributed by atoms with Gasteiger partial charge in [0.2, 0.25) is 47.3 Å². The molecule has 6 aliphatic rings. The number of aromatic nitrogens is 6. The minimum absolute atomic E-state index is 0.0722. The number of nitrogens with one attached hydrogen (secondary N) is 9. The van der Waals surface area contributed by atoms with Gasteiger partial charge < -0.3 is 66.9 Å². The largest absolute Gasteiger partial charge is 0.487 e. The van der Waals surface area contributed by atoms with Gasteiger partial charge in [0.25, 0.3) is 15.9 Å².